The average Bonchev–Trinajstić information content (AvgIpc) is 3.13. The van der Waals surface area contributed by atoms with Gasteiger partial charge in [0.25, 0.3) is 0 Å². The van der Waals surface area contributed by atoms with E-state index in [-0.39, 0.29) is 12.8 Å². The van der Waals surface area contributed by atoms with Crippen LogP contribution in [-0.4, -0.2) is 131 Å². The predicted molar refractivity (Wildman–Crippen MR) is 199 cm³/mol. The Morgan fingerprint density at radius 3 is 1.75 bits per heavy atom. The van der Waals surface area contributed by atoms with E-state index in [2.05, 4.69) is 37.2 Å². The summed E-state index contributed by atoms with van der Waals surface area (Å²) < 4.78 is 0. The summed E-state index contributed by atoms with van der Waals surface area (Å²) in [6.07, 6.45) is -1.05. The first-order chi connectivity index (χ1) is 26.3. The summed E-state index contributed by atoms with van der Waals surface area (Å²) >= 11 is 0. The number of unbranched alkanes of at least 4 members (excludes halogenated alkanes) is 1. The third-order valence-corrected chi connectivity index (χ3v) is 8.19. The maximum Gasteiger partial charge on any atom is 0.326 e. The number of carbonyl (C=O) groups is 9. The molecule has 7 atom stereocenters. The molecular formula is C35H55N9O12. The topological polar surface area (TPSA) is 351 Å². The predicted octanol–water partition coefficient (Wildman–Crippen LogP) is -4.04. The molecule has 0 bridgehead atoms. The summed E-state index contributed by atoms with van der Waals surface area (Å²) in [5.41, 5.74) is 11.8. The zero-order valence-electron chi connectivity index (χ0n) is 31.8. The van der Waals surface area contributed by atoms with Crippen molar-refractivity contribution in [3.8, 4) is 0 Å². The lowest BCUT2D eigenvalue weighted by atomic mass is 10.00. The molecule has 0 spiro atoms. The standard InChI is InChI=1S/C35H55N9O12/c1-18(2)29(44-32(52)23(14-21-10-6-5-7-11-21)43-33(53)28(37)20(4)45)34(54)40-19(3)30(50)38-16-26(47)42-24(15-27(48)49)31(51)39-17-25(46)41-22(35(55)56)12-8-9-13-36/h5-7,10-11,18-20,22-24,28-29,45H,8-9,12-17,36-37H2,1-4H3,(H,38,50)(H,39,51)(H,40,54)(H,41,46)(H,42,47)(H,43,53)(H,44,52)(H,48,49)(H,55,56). The Bertz CT molecular complexity index is 1530. The number of carbonyl (C=O) groups excluding carboxylic acids is 7. The van der Waals surface area contributed by atoms with Gasteiger partial charge in [-0.2, -0.15) is 0 Å². The van der Waals surface area contributed by atoms with Gasteiger partial charge in [-0.25, -0.2) is 4.79 Å². The molecule has 0 saturated heterocycles. The van der Waals surface area contributed by atoms with Crippen LogP contribution in [0.1, 0.15) is 58.9 Å². The van der Waals surface area contributed by atoms with Gasteiger partial charge >= 0.3 is 11.9 Å². The second-order valence-corrected chi connectivity index (χ2v) is 13.4. The molecule has 14 N–H and O–H groups in total. The van der Waals surface area contributed by atoms with Gasteiger partial charge in [0.05, 0.1) is 25.6 Å². The summed E-state index contributed by atoms with van der Waals surface area (Å²) in [6, 6.07) is 0.749. The van der Waals surface area contributed by atoms with Crippen molar-refractivity contribution in [1.29, 1.82) is 0 Å². The number of carboxylic acids is 2. The smallest absolute Gasteiger partial charge is 0.326 e. The van der Waals surface area contributed by atoms with Gasteiger partial charge in [-0.1, -0.05) is 44.2 Å². The molecule has 1 aromatic rings. The van der Waals surface area contributed by atoms with Crippen molar-refractivity contribution in [2.75, 3.05) is 19.6 Å². The van der Waals surface area contributed by atoms with Crippen molar-refractivity contribution in [2.45, 2.75) is 102 Å². The highest BCUT2D eigenvalue weighted by molar-refractivity contribution is 5.97. The van der Waals surface area contributed by atoms with Crippen molar-refractivity contribution in [2.24, 2.45) is 17.4 Å². The lowest BCUT2D eigenvalue weighted by Crippen LogP contribution is -2.60. The molecule has 0 radical (unpaired) electrons. The zero-order chi connectivity index (χ0) is 42.5. The number of amides is 7. The van der Waals surface area contributed by atoms with E-state index in [0.717, 1.165) is 0 Å². The fourth-order valence-corrected chi connectivity index (χ4v) is 4.94. The number of aliphatic carboxylic acids is 2. The summed E-state index contributed by atoms with van der Waals surface area (Å²) in [6.45, 7) is 4.70. The van der Waals surface area contributed by atoms with E-state index in [4.69, 9.17) is 11.5 Å². The fraction of sp³-hybridized carbons (Fsp3) is 0.571. The Hall–Kier alpha value is -5.67. The Morgan fingerprint density at radius 1 is 0.661 bits per heavy atom. The third-order valence-electron chi connectivity index (χ3n) is 8.19. The molecule has 0 heterocycles. The van der Waals surface area contributed by atoms with Gasteiger partial charge < -0.3 is 64.0 Å². The molecular weight excluding hydrogens is 738 g/mol. The van der Waals surface area contributed by atoms with Gasteiger partial charge in [0, 0.05) is 6.42 Å². The van der Waals surface area contributed by atoms with Gasteiger partial charge in [-0.3, -0.25) is 38.4 Å². The zero-order valence-corrected chi connectivity index (χ0v) is 31.8. The van der Waals surface area contributed by atoms with Crippen molar-refractivity contribution in [1.82, 2.24) is 37.2 Å². The molecule has 56 heavy (non-hydrogen) atoms. The molecule has 21 nitrogen and oxygen atoms in total. The number of aliphatic hydroxyl groups excluding tert-OH is 1. The van der Waals surface area contributed by atoms with Crippen LogP contribution in [0.4, 0.5) is 0 Å². The number of rotatable bonds is 25. The summed E-state index contributed by atoms with van der Waals surface area (Å²) in [5, 5.41) is 44.6. The Kier molecular flexibility index (Phi) is 21.3. The molecule has 1 aromatic carbocycles. The first-order valence-corrected chi connectivity index (χ1v) is 17.9. The van der Waals surface area contributed by atoms with Crippen LogP contribution in [0, 0.1) is 5.92 Å². The van der Waals surface area contributed by atoms with Gasteiger partial charge in [0.1, 0.15) is 36.3 Å². The number of nitrogens with one attached hydrogen (secondary N) is 7. The highest BCUT2D eigenvalue weighted by atomic mass is 16.4. The SMILES string of the molecule is CC(NC(=O)C(NC(=O)C(Cc1ccccc1)NC(=O)C(N)C(C)O)C(C)C)C(=O)NCC(=O)NC(CC(=O)O)C(=O)NCC(=O)NC(CCCCN)C(=O)O. The largest absolute Gasteiger partial charge is 0.481 e. The molecule has 312 valence electrons. The minimum absolute atomic E-state index is 0.0196. The molecule has 7 amide bonds. The maximum absolute atomic E-state index is 13.4. The Balaban J connectivity index is 2.84. The van der Waals surface area contributed by atoms with Crippen LogP contribution in [0.2, 0.25) is 0 Å². The van der Waals surface area contributed by atoms with Crippen molar-refractivity contribution < 1.29 is 58.5 Å². The van der Waals surface area contributed by atoms with Gasteiger partial charge in [-0.15, -0.1) is 0 Å². The molecule has 7 unspecified atom stereocenters. The first-order valence-electron chi connectivity index (χ1n) is 17.9. The van der Waals surface area contributed by atoms with Gasteiger partial charge in [0.2, 0.25) is 41.4 Å². The highest BCUT2D eigenvalue weighted by Crippen LogP contribution is 2.08. The van der Waals surface area contributed by atoms with Gasteiger partial charge in [0.15, 0.2) is 0 Å². The lowest BCUT2D eigenvalue weighted by Gasteiger charge is -2.27. The molecule has 0 aliphatic rings. The number of nitrogens with two attached hydrogens (primary N) is 2. The second kappa shape index (κ2) is 24.7. The van der Waals surface area contributed by atoms with Crippen LogP contribution in [0.3, 0.4) is 0 Å². The molecule has 0 aliphatic carbocycles. The van der Waals surface area contributed by atoms with E-state index >= 15 is 0 Å². The number of benzene rings is 1. The maximum atomic E-state index is 13.4. The van der Waals surface area contributed by atoms with Gasteiger partial charge in [-0.05, 0) is 51.1 Å². The monoisotopic (exact) mass is 793 g/mol. The molecule has 0 aromatic heterocycles. The molecule has 0 saturated carbocycles. The Labute approximate surface area is 323 Å². The van der Waals surface area contributed by atoms with E-state index in [9.17, 15) is 58.5 Å². The molecule has 0 fully saturated rings. The number of hydrogen-bond acceptors (Lipinski definition) is 12. The van der Waals surface area contributed by atoms with Crippen LogP contribution in [0.15, 0.2) is 30.3 Å². The van der Waals surface area contributed by atoms with Crippen LogP contribution >= 0.6 is 0 Å². The fourth-order valence-electron chi connectivity index (χ4n) is 4.94. The van der Waals surface area contributed by atoms with Crippen molar-refractivity contribution in [3.63, 3.8) is 0 Å². The minimum Gasteiger partial charge on any atom is -0.481 e. The van der Waals surface area contributed by atoms with E-state index in [0.29, 0.717) is 24.9 Å². The minimum atomic E-state index is -1.68. The summed E-state index contributed by atoms with van der Waals surface area (Å²) in [7, 11) is 0. The molecule has 21 heteroatoms. The number of hydrogen-bond donors (Lipinski definition) is 12. The summed E-state index contributed by atoms with van der Waals surface area (Å²) in [5.74, 6) is -9.43. The normalized spacial score (nSPS) is 14.6. The van der Waals surface area contributed by atoms with Crippen LogP contribution in [0.25, 0.3) is 0 Å². The van der Waals surface area contributed by atoms with E-state index < -0.39 is 121 Å². The first kappa shape index (κ1) is 48.3. The van der Waals surface area contributed by atoms with Crippen LogP contribution in [0.5, 0.6) is 0 Å². The quantitative estimate of drug-likeness (QED) is 0.0420. The highest BCUT2D eigenvalue weighted by Gasteiger charge is 2.32. The lowest BCUT2D eigenvalue weighted by molar-refractivity contribution is -0.142. The third kappa shape index (κ3) is 18.1. The average molecular weight is 794 g/mol. The second-order valence-electron chi connectivity index (χ2n) is 13.4. The molecule has 1 rings (SSSR count). The van der Waals surface area contributed by atoms with Crippen molar-refractivity contribution >= 4 is 53.3 Å². The molecule has 0 aliphatic heterocycles. The van der Waals surface area contributed by atoms with Crippen molar-refractivity contribution in [3.05, 3.63) is 35.9 Å². The Morgan fingerprint density at radius 2 is 1.23 bits per heavy atom. The van der Waals surface area contributed by atoms with E-state index in [1.165, 1.54) is 13.8 Å². The number of carboxylic acid groups (broad SMARTS) is 2. The number of aliphatic hydroxyl groups is 1. The van der Waals surface area contributed by atoms with E-state index in [1.807, 2.05) is 0 Å². The van der Waals surface area contributed by atoms with Crippen LogP contribution in [-0.2, 0) is 49.6 Å². The van der Waals surface area contributed by atoms with Crippen LogP contribution < -0.4 is 48.7 Å². The summed E-state index contributed by atoms with van der Waals surface area (Å²) in [4.78, 5) is 112. The van der Waals surface area contributed by atoms with E-state index in [1.54, 1.807) is 44.2 Å².